The molecule has 0 radical (unpaired) electrons. The number of ether oxygens (including phenoxy) is 2. The number of aryl methyl sites for hydroxylation is 1. The van der Waals surface area contributed by atoms with Crippen LogP contribution in [0, 0.1) is 12.7 Å². The Hall–Kier alpha value is -7.06. The monoisotopic (exact) mass is 926 g/mol. The van der Waals surface area contributed by atoms with Crippen molar-refractivity contribution in [1.29, 1.82) is 0 Å². The first-order chi connectivity index (χ1) is 29.2. The minimum atomic E-state index is -5.25. The second kappa shape index (κ2) is 17.7. The largest absolute Gasteiger partial charge is 0.494 e. The number of esters is 1. The average Bonchev–Trinajstić information content (AvgIpc) is 3.97. The van der Waals surface area contributed by atoms with E-state index in [2.05, 4.69) is 35.2 Å². The van der Waals surface area contributed by atoms with Crippen LogP contribution in [0.4, 0.5) is 68.5 Å². The second-order valence-electron chi connectivity index (χ2n) is 12.3. The molecule has 2 amide bonds. The number of carbonyl (C=O) groups is 3. The molecule has 0 saturated heterocycles. The molecule has 334 valence electrons. The summed E-state index contributed by atoms with van der Waals surface area (Å²) in [6.45, 7) is 1.56. The summed E-state index contributed by atoms with van der Waals surface area (Å²) in [5, 5.41) is 14.5. The van der Waals surface area contributed by atoms with Crippen LogP contribution in [0.5, 0.6) is 5.75 Å². The van der Waals surface area contributed by atoms with Gasteiger partial charge in [-0.25, -0.2) is 18.5 Å². The number of amides is 2. The summed E-state index contributed by atoms with van der Waals surface area (Å²) in [6.07, 6.45) is -20.6. The van der Waals surface area contributed by atoms with Gasteiger partial charge in [-0.1, -0.05) is 16.6 Å². The Balaban J connectivity index is 0.000000239. The van der Waals surface area contributed by atoms with Gasteiger partial charge in [0.2, 0.25) is 0 Å². The van der Waals surface area contributed by atoms with E-state index in [1.165, 1.54) is 25.3 Å². The average molecular weight is 927 g/mol. The zero-order valence-corrected chi connectivity index (χ0v) is 32.3. The highest BCUT2D eigenvalue weighted by atomic mass is 32.1. The highest BCUT2D eigenvalue weighted by Gasteiger charge is 2.44. The van der Waals surface area contributed by atoms with Crippen molar-refractivity contribution in [1.82, 2.24) is 29.1 Å². The molecule has 0 spiro atoms. The standard InChI is InChI=1S/C20H12F7N3O3.C16H11F6N5O2S/c1-33-18(32)12-8-10(28-17(31)11-4-2-3-5-13(11)21)6-7-14(12)30-16(20(25,26)27)9-15(29-30)19(22,23)24;1-7-13(30-26-24-7)14(28)23-9-4-3-8(5-10(9)29-2)27-12(16(20,21)22)6-11(25-27)15(17,18)19/h2-9H,1H3,(H,28,31);3-6H,1-2H3,(H,23,28). The van der Waals surface area contributed by atoms with Crippen molar-refractivity contribution in [3.63, 3.8) is 0 Å². The Morgan fingerprint density at radius 2 is 1.25 bits per heavy atom. The van der Waals surface area contributed by atoms with Gasteiger partial charge in [-0.2, -0.15) is 62.9 Å². The number of anilines is 2. The summed E-state index contributed by atoms with van der Waals surface area (Å²) in [6, 6.07) is 10.6. The van der Waals surface area contributed by atoms with Crippen molar-refractivity contribution < 1.29 is 80.9 Å². The predicted molar refractivity (Wildman–Crippen MR) is 192 cm³/mol. The lowest BCUT2D eigenvalue weighted by atomic mass is 10.1. The van der Waals surface area contributed by atoms with E-state index < -0.39 is 82.3 Å². The minimum Gasteiger partial charge on any atom is -0.494 e. The van der Waals surface area contributed by atoms with Gasteiger partial charge in [-0.05, 0) is 60.9 Å². The first-order valence-corrected chi connectivity index (χ1v) is 17.6. The summed E-state index contributed by atoms with van der Waals surface area (Å²) in [5.41, 5.74) is -8.66. The Morgan fingerprint density at radius 1 is 0.667 bits per heavy atom. The smallest absolute Gasteiger partial charge is 0.435 e. The van der Waals surface area contributed by atoms with E-state index in [0.717, 1.165) is 61.1 Å². The van der Waals surface area contributed by atoms with Crippen LogP contribution in [0.3, 0.4) is 0 Å². The van der Waals surface area contributed by atoms with Crippen LogP contribution in [0.2, 0.25) is 0 Å². The zero-order valence-electron chi connectivity index (χ0n) is 31.5. The molecule has 6 aromatic rings. The molecular weight excluding hydrogens is 903 g/mol. The second-order valence-corrected chi connectivity index (χ2v) is 13.1. The molecule has 6 rings (SSSR count). The molecule has 3 heterocycles. The lowest BCUT2D eigenvalue weighted by Crippen LogP contribution is -2.18. The van der Waals surface area contributed by atoms with Crippen molar-refractivity contribution in [2.24, 2.45) is 0 Å². The number of hydrogen-bond donors (Lipinski definition) is 2. The predicted octanol–water partition coefficient (Wildman–Crippen LogP) is 9.42. The number of nitrogens with one attached hydrogen (secondary N) is 2. The number of benzene rings is 3. The SMILES string of the molecule is COC(=O)c1cc(NC(=O)c2ccccc2F)ccc1-n1nc(C(F)(F)F)cc1C(F)(F)F.COc1cc(-n2nc(C(F)(F)F)cc2C(F)(F)F)ccc1NC(=O)c1snnc1C. The Kier molecular flexibility index (Phi) is 13.2. The van der Waals surface area contributed by atoms with Gasteiger partial charge in [-0.15, -0.1) is 5.10 Å². The molecule has 0 aliphatic carbocycles. The van der Waals surface area contributed by atoms with Crippen LogP contribution in [0.25, 0.3) is 11.4 Å². The number of halogens is 13. The number of nitrogens with zero attached hydrogens (tertiary/aromatic N) is 6. The lowest BCUT2D eigenvalue weighted by molar-refractivity contribution is -0.145. The van der Waals surface area contributed by atoms with Crippen LogP contribution in [0.1, 0.15) is 58.9 Å². The fraction of sp³-hybridized carbons (Fsp3) is 0.194. The number of aromatic nitrogens is 6. The quantitative estimate of drug-likeness (QED) is 0.112. The number of hydrogen-bond acceptors (Lipinski definition) is 10. The van der Waals surface area contributed by atoms with Gasteiger partial charge in [0, 0.05) is 23.9 Å². The van der Waals surface area contributed by atoms with Gasteiger partial charge in [0.1, 0.15) is 27.8 Å². The third-order valence-corrected chi connectivity index (χ3v) is 8.95. The molecule has 3 aromatic carbocycles. The normalized spacial score (nSPS) is 12.0. The van der Waals surface area contributed by atoms with Crippen LogP contribution >= 0.6 is 11.5 Å². The van der Waals surface area contributed by atoms with Gasteiger partial charge in [0.05, 0.1) is 48.1 Å². The van der Waals surface area contributed by atoms with E-state index in [0.29, 0.717) is 5.69 Å². The Labute approximate surface area is 347 Å². The fourth-order valence-electron chi connectivity index (χ4n) is 5.27. The third kappa shape index (κ3) is 10.7. The summed E-state index contributed by atoms with van der Waals surface area (Å²) in [4.78, 5) is 37.0. The molecule has 27 heteroatoms. The van der Waals surface area contributed by atoms with Gasteiger partial charge in [-0.3, -0.25) is 9.59 Å². The molecule has 0 fully saturated rings. The molecule has 0 aliphatic rings. The minimum absolute atomic E-state index is 0.0795. The molecule has 0 bridgehead atoms. The molecule has 0 aliphatic heterocycles. The fourth-order valence-corrected chi connectivity index (χ4v) is 5.82. The summed E-state index contributed by atoms with van der Waals surface area (Å²) >= 11 is 0.840. The first-order valence-electron chi connectivity index (χ1n) is 16.8. The van der Waals surface area contributed by atoms with Crippen molar-refractivity contribution in [3.05, 3.63) is 123 Å². The van der Waals surface area contributed by atoms with E-state index in [9.17, 15) is 71.5 Å². The molecule has 0 atom stereocenters. The van der Waals surface area contributed by atoms with Gasteiger partial charge < -0.3 is 20.1 Å². The van der Waals surface area contributed by atoms with Crippen molar-refractivity contribution in [2.75, 3.05) is 24.9 Å². The number of rotatable bonds is 8. The molecule has 3 aromatic heterocycles. The summed E-state index contributed by atoms with van der Waals surface area (Å²) < 4.78 is 185. The Morgan fingerprint density at radius 3 is 1.78 bits per heavy atom. The topological polar surface area (TPSA) is 155 Å². The summed E-state index contributed by atoms with van der Waals surface area (Å²) in [5.74, 6) is -3.68. The van der Waals surface area contributed by atoms with Gasteiger partial charge in [0.25, 0.3) is 11.8 Å². The summed E-state index contributed by atoms with van der Waals surface area (Å²) in [7, 11) is 2.08. The maximum Gasteiger partial charge on any atom is 0.435 e. The van der Waals surface area contributed by atoms with Crippen LogP contribution in [-0.4, -0.2) is 61.2 Å². The molecule has 13 nitrogen and oxygen atoms in total. The van der Waals surface area contributed by atoms with Crippen molar-refractivity contribution in [3.8, 4) is 17.1 Å². The molecule has 2 N–H and O–H groups in total. The van der Waals surface area contributed by atoms with E-state index in [1.54, 1.807) is 6.92 Å². The highest BCUT2D eigenvalue weighted by molar-refractivity contribution is 7.08. The molecular formula is C36H23F13N8O5S. The molecule has 63 heavy (non-hydrogen) atoms. The van der Waals surface area contributed by atoms with Gasteiger partial charge in [0.15, 0.2) is 11.4 Å². The van der Waals surface area contributed by atoms with Crippen molar-refractivity contribution >= 4 is 40.7 Å². The van der Waals surface area contributed by atoms with Crippen LogP contribution in [0.15, 0.2) is 72.8 Å². The van der Waals surface area contributed by atoms with E-state index in [-0.39, 0.29) is 54.7 Å². The Bertz CT molecular complexity index is 2670. The number of carbonyl (C=O) groups excluding carboxylic acids is 3. The molecule has 0 saturated carbocycles. The zero-order chi connectivity index (χ0) is 46.8. The number of methoxy groups -OCH3 is 2. The van der Waals surface area contributed by atoms with Gasteiger partial charge >= 0.3 is 30.7 Å². The van der Waals surface area contributed by atoms with Crippen LogP contribution in [-0.2, 0) is 29.4 Å². The number of alkyl halides is 12. The van der Waals surface area contributed by atoms with E-state index in [4.69, 9.17) is 4.74 Å². The first kappa shape index (κ1) is 47.0. The maximum absolute atomic E-state index is 13.8. The molecule has 0 unspecified atom stereocenters. The van der Waals surface area contributed by atoms with Crippen molar-refractivity contribution in [2.45, 2.75) is 31.6 Å². The van der Waals surface area contributed by atoms with E-state index in [1.807, 2.05) is 0 Å². The maximum atomic E-state index is 13.8. The highest BCUT2D eigenvalue weighted by Crippen LogP contribution is 2.39. The van der Waals surface area contributed by atoms with E-state index >= 15 is 0 Å². The lowest BCUT2D eigenvalue weighted by Gasteiger charge is -2.15. The van der Waals surface area contributed by atoms with Crippen LogP contribution < -0.4 is 15.4 Å². The third-order valence-electron chi connectivity index (χ3n) is 8.12.